The first-order valence-electron chi connectivity index (χ1n) is 7.24. The first-order chi connectivity index (χ1) is 10.6. The Hall–Kier alpha value is -2.69. The summed E-state index contributed by atoms with van der Waals surface area (Å²) < 4.78 is 1.88. The predicted molar refractivity (Wildman–Crippen MR) is 84.8 cm³/mol. The summed E-state index contributed by atoms with van der Waals surface area (Å²) in [4.78, 5) is 12.4. The van der Waals surface area contributed by atoms with Crippen LogP contribution in [0.3, 0.4) is 0 Å². The Balaban J connectivity index is 1.82. The van der Waals surface area contributed by atoms with Crippen LogP contribution in [-0.2, 0) is 0 Å². The number of fused-ring (bicyclic) bond motifs is 1. The van der Waals surface area contributed by atoms with E-state index >= 15 is 0 Å². The van der Waals surface area contributed by atoms with E-state index in [1.54, 1.807) is 0 Å². The number of benzene rings is 1. The number of nitrogens with zero attached hydrogens (tertiary/aromatic N) is 3. The molecule has 1 atom stereocenters. The number of rotatable bonds is 3. The van der Waals surface area contributed by atoms with Crippen molar-refractivity contribution in [2.75, 3.05) is 0 Å². The number of carbonyl (C=O) groups is 1. The standard InChI is InChI=1S/C17H18N4O/c1-11-7-8-14(10-12(11)2)17(22)18-13(3)16-20-19-15-6-4-5-9-21(15)16/h4-10,13H,1-3H3,(H,18,22). The van der Waals surface area contributed by atoms with E-state index in [-0.39, 0.29) is 11.9 Å². The van der Waals surface area contributed by atoms with Crippen LogP contribution >= 0.6 is 0 Å². The smallest absolute Gasteiger partial charge is 0.251 e. The van der Waals surface area contributed by atoms with E-state index < -0.39 is 0 Å². The van der Waals surface area contributed by atoms with Crippen molar-refractivity contribution in [1.82, 2.24) is 19.9 Å². The number of pyridine rings is 1. The van der Waals surface area contributed by atoms with Crippen molar-refractivity contribution in [3.8, 4) is 0 Å². The maximum atomic E-state index is 12.4. The lowest BCUT2D eigenvalue weighted by Gasteiger charge is -2.13. The number of hydrogen-bond acceptors (Lipinski definition) is 3. The van der Waals surface area contributed by atoms with E-state index in [0.29, 0.717) is 11.4 Å². The Bertz CT molecular complexity index is 838. The minimum absolute atomic E-state index is 0.108. The third-order valence-electron chi connectivity index (χ3n) is 3.84. The molecule has 3 aromatic rings. The summed E-state index contributed by atoms with van der Waals surface area (Å²) in [5.74, 6) is 0.607. The Labute approximate surface area is 129 Å². The predicted octanol–water partition coefficient (Wildman–Crippen LogP) is 2.84. The summed E-state index contributed by atoms with van der Waals surface area (Å²) in [5, 5.41) is 11.3. The Kier molecular flexibility index (Phi) is 3.63. The molecular weight excluding hydrogens is 276 g/mol. The zero-order chi connectivity index (χ0) is 15.7. The van der Waals surface area contributed by atoms with Crippen molar-refractivity contribution >= 4 is 11.6 Å². The van der Waals surface area contributed by atoms with Gasteiger partial charge in [0.1, 0.15) is 0 Å². The van der Waals surface area contributed by atoms with Gasteiger partial charge in [0.2, 0.25) is 0 Å². The minimum Gasteiger partial charge on any atom is -0.342 e. The average molecular weight is 294 g/mol. The van der Waals surface area contributed by atoms with Crippen molar-refractivity contribution in [2.45, 2.75) is 26.8 Å². The maximum absolute atomic E-state index is 12.4. The second-order valence-electron chi connectivity index (χ2n) is 5.48. The van der Waals surface area contributed by atoms with Gasteiger partial charge in [0.25, 0.3) is 5.91 Å². The SMILES string of the molecule is Cc1ccc(C(=O)NC(C)c2nnc3ccccn23)cc1C. The fourth-order valence-corrected chi connectivity index (χ4v) is 2.38. The van der Waals surface area contributed by atoms with Crippen molar-refractivity contribution in [3.05, 3.63) is 65.1 Å². The van der Waals surface area contributed by atoms with Crippen molar-refractivity contribution < 1.29 is 4.79 Å². The molecule has 0 radical (unpaired) electrons. The first-order valence-corrected chi connectivity index (χ1v) is 7.24. The fraction of sp³-hybridized carbons (Fsp3) is 0.235. The van der Waals surface area contributed by atoms with E-state index in [2.05, 4.69) is 15.5 Å². The Morgan fingerprint density at radius 3 is 2.73 bits per heavy atom. The molecule has 1 unspecified atom stereocenters. The molecule has 0 spiro atoms. The molecule has 22 heavy (non-hydrogen) atoms. The molecule has 0 fully saturated rings. The lowest BCUT2D eigenvalue weighted by Crippen LogP contribution is -2.28. The van der Waals surface area contributed by atoms with Crippen LogP contribution in [0.2, 0.25) is 0 Å². The third kappa shape index (κ3) is 2.57. The number of carbonyl (C=O) groups excluding carboxylic acids is 1. The molecule has 1 amide bonds. The summed E-state index contributed by atoms with van der Waals surface area (Å²) in [6, 6.07) is 11.2. The van der Waals surface area contributed by atoms with E-state index in [1.807, 2.05) is 67.8 Å². The zero-order valence-corrected chi connectivity index (χ0v) is 12.9. The van der Waals surface area contributed by atoms with Gasteiger partial charge >= 0.3 is 0 Å². The van der Waals surface area contributed by atoms with E-state index in [0.717, 1.165) is 11.2 Å². The lowest BCUT2D eigenvalue weighted by molar-refractivity contribution is 0.0938. The van der Waals surface area contributed by atoms with Gasteiger partial charge in [-0.2, -0.15) is 0 Å². The molecule has 0 aliphatic carbocycles. The number of aromatic nitrogens is 3. The molecule has 3 rings (SSSR count). The highest BCUT2D eigenvalue weighted by molar-refractivity contribution is 5.94. The van der Waals surface area contributed by atoms with Crippen LogP contribution in [0.25, 0.3) is 5.65 Å². The lowest BCUT2D eigenvalue weighted by atomic mass is 10.1. The summed E-state index contributed by atoms with van der Waals surface area (Å²) in [6.45, 7) is 5.94. The topological polar surface area (TPSA) is 59.3 Å². The van der Waals surface area contributed by atoms with Gasteiger partial charge in [0.15, 0.2) is 11.5 Å². The minimum atomic E-state index is -0.230. The largest absolute Gasteiger partial charge is 0.342 e. The molecule has 0 aliphatic rings. The van der Waals surface area contributed by atoms with E-state index in [4.69, 9.17) is 0 Å². The van der Waals surface area contributed by atoms with Crippen molar-refractivity contribution in [3.63, 3.8) is 0 Å². The highest BCUT2D eigenvalue weighted by atomic mass is 16.1. The summed E-state index contributed by atoms with van der Waals surface area (Å²) in [7, 11) is 0. The van der Waals surface area contributed by atoms with E-state index in [9.17, 15) is 4.79 Å². The molecule has 112 valence electrons. The molecule has 0 aliphatic heterocycles. The fourth-order valence-electron chi connectivity index (χ4n) is 2.38. The van der Waals surface area contributed by atoms with Crippen LogP contribution in [-0.4, -0.2) is 20.5 Å². The van der Waals surface area contributed by atoms with Crippen LogP contribution in [0, 0.1) is 13.8 Å². The van der Waals surface area contributed by atoms with Gasteiger partial charge in [0.05, 0.1) is 6.04 Å². The monoisotopic (exact) mass is 294 g/mol. The molecule has 2 heterocycles. The number of amides is 1. The normalized spacial score (nSPS) is 12.3. The molecule has 1 N–H and O–H groups in total. The van der Waals surface area contributed by atoms with Gasteiger partial charge in [-0.3, -0.25) is 9.20 Å². The van der Waals surface area contributed by atoms with Gasteiger partial charge < -0.3 is 5.32 Å². The van der Waals surface area contributed by atoms with Crippen LogP contribution in [0.4, 0.5) is 0 Å². The van der Waals surface area contributed by atoms with Crippen molar-refractivity contribution in [1.29, 1.82) is 0 Å². The second-order valence-corrected chi connectivity index (χ2v) is 5.48. The first kappa shape index (κ1) is 14.3. The Morgan fingerprint density at radius 2 is 1.95 bits per heavy atom. The quantitative estimate of drug-likeness (QED) is 0.808. The highest BCUT2D eigenvalue weighted by Gasteiger charge is 2.16. The molecule has 0 bridgehead atoms. The van der Waals surface area contributed by atoms with Gasteiger partial charge in [-0.1, -0.05) is 12.1 Å². The molecule has 2 aromatic heterocycles. The van der Waals surface area contributed by atoms with E-state index in [1.165, 1.54) is 5.56 Å². The molecule has 0 saturated heterocycles. The highest BCUT2D eigenvalue weighted by Crippen LogP contribution is 2.14. The number of hydrogen-bond donors (Lipinski definition) is 1. The van der Waals surface area contributed by atoms with Crippen molar-refractivity contribution in [2.24, 2.45) is 0 Å². The van der Waals surface area contributed by atoms with Crippen LogP contribution in [0.5, 0.6) is 0 Å². The van der Waals surface area contributed by atoms with Gasteiger partial charge in [0, 0.05) is 11.8 Å². The second kappa shape index (κ2) is 5.60. The molecule has 5 heteroatoms. The van der Waals surface area contributed by atoms with Gasteiger partial charge in [-0.15, -0.1) is 10.2 Å². The molecule has 5 nitrogen and oxygen atoms in total. The Morgan fingerprint density at radius 1 is 1.14 bits per heavy atom. The summed E-state index contributed by atoms with van der Waals surface area (Å²) >= 11 is 0. The third-order valence-corrected chi connectivity index (χ3v) is 3.84. The van der Waals surface area contributed by atoms with Gasteiger partial charge in [-0.05, 0) is 56.2 Å². The van der Waals surface area contributed by atoms with Crippen LogP contribution in [0.1, 0.15) is 40.3 Å². The summed E-state index contributed by atoms with van der Waals surface area (Å²) in [5.41, 5.74) is 3.70. The number of aryl methyl sites for hydroxylation is 2. The maximum Gasteiger partial charge on any atom is 0.251 e. The summed E-state index contributed by atoms with van der Waals surface area (Å²) in [6.07, 6.45) is 1.89. The van der Waals surface area contributed by atoms with Crippen LogP contribution in [0.15, 0.2) is 42.6 Å². The van der Waals surface area contributed by atoms with Gasteiger partial charge in [-0.25, -0.2) is 0 Å². The average Bonchev–Trinajstić information content (AvgIpc) is 2.94. The van der Waals surface area contributed by atoms with Crippen LogP contribution < -0.4 is 5.32 Å². The molecular formula is C17H18N4O. The zero-order valence-electron chi connectivity index (χ0n) is 12.9. The molecule has 0 saturated carbocycles. The number of nitrogens with one attached hydrogen (secondary N) is 1. The molecule has 1 aromatic carbocycles.